The molecule has 0 aliphatic heterocycles. The van der Waals surface area contributed by atoms with E-state index in [0.717, 1.165) is 47.6 Å². The molecule has 0 saturated heterocycles. The molecule has 0 unspecified atom stereocenters. The van der Waals surface area contributed by atoms with Crippen molar-refractivity contribution < 1.29 is 50.6 Å². The maximum Gasteiger partial charge on any atom is 2.00 e. The topological polar surface area (TPSA) is 83.5 Å². The molecule has 36 heavy (non-hydrogen) atoms. The normalized spacial score (nSPS) is 16.4. The van der Waals surface area contributed by atoms with E-state index in [2.05, 4.69) is 18.3 Å². The molecule has 1 saturated carbocycles. The molecule has 1 fully saturated rings. The van der Waals surface area contributed by atoms with Crippen LogP contribution in [0.5, 0.6) is 0 Å². The van der Waals surface area contributed by atoms with Crippen LogP contribution in [0.3, 0.4) is 0 Å². The molecule has 1 aliphatic rings. The Hall–Kier alpha value is -1.90. The number of aromatic carboxylic acids is 1. The minimum atomic E-state index is -0.997. The number of carboxylic acids is 1. The summed E-state index contributed by atoms with van der Waals surface area (Å²) in [7, 11) is 0. The second-order valence-electron chi connectivity index (χ2n) is 9.29. The zero-order valence-electron chi connectivity index (χ0n) is 22.7. The summed E-state index contributed by atoms with van der Waals surface area (Å²) in [5, 5.41) is 11.9. The number of aryl methyl sites for hydroxylation is 2. The fourth-order valence-corrected chi connectivity index (χ4v) is 4.67. The van der Waals surface area contributed by atoms with Crippen molar-refractivity contribution in [2.75, 3.05) is 5.32 Å². The number of hydrogen-bond acceptors (Lipinski definition) is 3. The van der Waals surface area contributed by atoms with Gasteiger partial charge in [0.1, 0.15) is 0 Å². The van der Waals surface area contributed by atoms with Crippen LogP contribution in [0, 0.1) is 70.3 Å². The van der Waals surface area contributed by atoms with E-state index >= 15 is 0 Å². The van der Waals surface area contributed by atoms with Crippen molar-refractivity contribution in [3.8, 4) is 0 Å². The Morgan fingerprint density at radius 3 is 2.17 bits per heavy atom. The van der Waals surface area contributed by atoms with E-state index < -0.39 is 5.97 Å². The first kappa shape index (κ1) is 34.1. The molecule has 5 nitrogen and oxygen atoms in total. The summed E-state index contributed by atoms with van der Waals surface area (Å²) >= 11 is 0. The van der Waals surface area contributed by atoms with Crippen molar-refractivity contribution in [2.24, 2.45) is 11.8 Å². The van der Waals surface area contributed by atoms with Crippen LogP contribution >= 0.6 is 0 Å². The SMILES string of the molecule is CCCC1CCC(C(=O)Nc2c[c-]c(C)cc2)CC1.CCc1c(C)cc(C(=O)O)cc1C(C)=O.[CH3-].[U+2]. The number of rotatable bonds is 7. The first-order chi connectivity index (χ1) is 16.2. The van der Waals surface area contributed by atoms with Crippen LogP contribution in [0.25, 0.3) is 0 Å². The summed E-state index contributed by atoms with van der Waals surface area (Å²) in [6, 6.07) is 12.0. The number of carbonyl (C=O) groups is 3. The van der Waals surface area contributed by atoms with Gasteiger partial charge in [0.2, 0.25) is 5.91 Å². The molecule has 0 heterocycles. The van der Waals surface area contributed by atoms with Gasteiger partial charge in [0.15, 0.2) is 5.78 Å². The van der Waals surface area contributed by atoms with Gasteiger partial charge in [0.05, 0.1) is 5.56 Å². The van der Waals surface area contributed by atoms with Gasteiger partial charge in [-0.05, 0) is 75.1 Å². The zero-order chi connectivity index (χ0) is 25.3. The Morgan fingerprint density at radius 1 is 1.06 bits per heavy atom. The molecule has 0 radical (unpaired) electrons. The molecule has 194 valence electrons. The summed E-state index contributed by atoms with van der Waals surface area (Å²) < 4.78 is 0. The molecule has 2 aromatic carbocycles. The Balaban J connectivity index is 0.000000662. The summed E-state index contributed by atoms with van der Waals surface area (Å²) in [5.74, 6) is 0.157. The maximum atomic E-state index is 12.2. The number of amides is 1. The minimum absolute atomic E-state index is 0. The number of carbonyl (C=O) groups excluding carboxylic acids is 2. The predicted octanol–water partition coefficient (Wildman–Crippen LogP) is 7.25. The van der Waals surface area contributed by atoms with Crippen LogP contribution < -0.4 is 5.32 Å². The van der Waals surface area contributed by atoms with E-state index in [1.54, 1.807) is 6.07 Å². The van der Waals surface area contributed by atoms with Crippen molar-refractivity contribution in [1.82, 2.24) is 0 Å². The number of hydrogen-bond donors (Lipinski definition) is 2. The van der Waals surface area contributed by atoms with E-state index in [4.69, 9.17) is 5.11 Å². The van der Waals surface area contributed by atoms with Gasteiger partial charge in [0, 0.05) is 11.5 Å². The van der Waals surface area contributed by atoms with Gasteiger partial charge in [-0.2, -0.15) is 23.8 Å². The third-order valence-electron chi connectivity index (χ3n) is 6.60. The number of ketones is 1. The molecular formula is C30H41NO4U. The quantitative estimate of drug-likeness (QED) is 0.234. The largest absolute Gasteiger partial charge is 2.00 e. The monoisotopic (exact) mass is 717 g/mol. The fourth-order valence-electron chi connectivity index (χ4n) is 4.67. The smallest absolute Gasteiger partial charge is 0.478 e. The van der Waals surface area contributed by atoms with Gasteiger partial charge in [0.25, 0.3) is 0 Å². The van der Waals surface area contributed by atoms with Crippen molar-refractivity contribution in [1.29, 1.82) is 0 Å². The van der Waals surface area contributed by atoms with Gasteiger partial charge in [-0.15, -0.1) is 6.07 Å². The van der Waals surface area contributed by atoms with E-state index in [1.165, 1.54) is 38.7 Å². The summed E-state index contributed by atoms with van der Waals surface area (Å²) in [6.07, 6.45) is 7.85. The molecular weight excluding hydrogens is 676 g/mol. The van der Waals surface area contributed by atoms with E-state index in [0.29, 0.717) is 5.56 Å². The third-order valence-corrected chi connectivity index (χ3v) is 6.60. The maximum absolute atomic E-state index is 12.2. The molecule has 0 spiro atoms. The standard InChI is InChI=1S/C17H24NO.C12H14O3.CH3.U/c1-3-4-14-7-9-15(10-8-14)17(19)18-16-11-5-13(2)6-12-16;1-4-10-7(2)5-9(12(14)15)6-11(10)8(3)13;;/h5,11-12,14-15H,3-4,7-10H2,1-2H3,(H,18,19);5-6H,4H2,1-3H3,(H,14,15);1H3;/q-1;;-1;+2. The summed E-state index contributed by atoms with van der Waals surface area (Å²) in [4.78, 5) is 34.4. The Kier molecular flexibility index (Phi) is 15.9. The average Bonchev–Trinajstić information content (AvgIpc) is 2.81. The Morgan fingerprint density at radius 2 is 1.69 bits per heavy atom. The second-order valence-corrected chi connectivity index (χ2v) is 9.29. The van der Waals surface area contributed by atoms with E-state index in [1.807, 2.05) is 39.0 Å². The molecule has 0 aromatic heterocycles. The van der Waals surface area contributed by atoms with Crippen molar-refractivity contribution in [2.45, 2.75) is 79.6 Å². The predicted molar refractivity (Wildman–Crippen MR) is 143 cm³/mol. The molecule has 1 aliphatic carbocycles. The Bertz CT molecular complexity index is 993. The van der Waals surface area contributed by atoms with E-state index in [-0.39, 0.29) is 61.7 Å². The molecule has 6 heteroatoms. The van der Waals surface area contributed by atoms with Gasteiger partial charge in [-0.25, -0.2) is 4.79 Å². The van der Waals surface area contributed by atoms with Gasteiger partial charge < -0.3 is 17.8 Å². The first-order valence-corrected chi connectivity index (χ1v) is 12.3. The summed E-state index contributed by atoms with van der Waals surface area (Å²) in [6.45, 7) is 9.49. The number of carboxylic acid groups (broad SMARTS) is 1. The fraction of sp³-hybridized carbons (Fsp3) is 0.467. The molecule has 3 rings (SSSR count). The van der Waals surface area contributed by atoms with Crippen molar-refractivity contribution in [3.63, 3.8) is 0 Å². The first-order valence-electron chi connectivity index (χ1n) is 12.3. The number of nitrogens with one attached hydrogen (secondary N) is 1. The molecule has 1 amide bonds. The molecule has 2 N–H and O–H groups in total. The van der Waals surface area contributed by atoms with Crippen LogP contribution in [0.1, 0.15) is 96.7 Å². The van der Waals surface area contributed by atoms with Gasteiger partial charge >= 0.3 is 37.1 Å². The zero-order valence-corrected chi connectivity index (χ0v) is 26.8. The van der Waals surface area contributed by atoms with Gasteiger partial charge in [-0.3, -0.25) is 9.59 Å². The number of benzene rings is 2. The van der Waals surface area contributed by atoms with Crippen LogP contribution in [0.15, 0.2) is 30.3 Å². The van der Waals surface area contributed by atoms with E-state index in [9.17, 15) is 14.4 Å². The van der Waals surface area contributed by atoms with Crippen molar-refractivity contribution in [3.05, 3.63) is 71.6 Å². The minimum Gasteiger partial charge on any atom is -0.478 e. The Labute approximate surface area is 241 Å². The molecule has 0 atom stereocenters. The van der Waals surface area contributed by atoms with Crippen LogP contribution in [0.2, 0.25) is 0 Å². The third kappa shape index (κ3) is 10.2. The second kappa shape index (κ2) is 16.8. The van der Waals surface area contributed by atoms with Crippen LogP contribution in [0.4, 0.5) is 5.69 Å². The molecule has 0 bridgehead atoms. The van der Waals surface area contributed by atoms with Crippen LogP contribution in [-0.4, -0.2) is 22.8 Å². The van der Waals surface area contributed by atoms with Crippen LogP contribution in [-0.2, 0) is 11.2 Å². The average molecular weight is 718 g/mol. The van der Waals surface area contributed by atoms with Gasteiger partial charge in [-0.1, -0.05) is 39.3 Å². The number of anilines is 1. The summed E-state index contributed by atoms with van der Waals surface area (Å²) in [5.41, 5.74) is 4.46. The van der Waals surface area contributed by atoms with Crippen molar-refractivity contribution >= 4 is 23.3 Å². The molecule has 2 aromatic rings. The number of Topliss-reactive ketones (excluding diaryl/α,β-unsaturated/α-hetero) is 1.